The molecule has 0 aliphatic heterocycles. The molecule has 3 aromatic rings. The quantitative estimate of drug-likeness (QED) is 0.708. The average Bonchev–Trinajstić information content (AvgIpc) is 3.14. The van der Waals surface area contributed by atoms with Gasteiger partial charge < -0.3 is 9.51 Å². The Morgan fingerprint density at radius 3 is 2.62 bits per heavy atom. The van der Waals surface area contributed by atoms with E-state index in [1.807, 2.05) is 6.92 Å². The summed E-state index contributed by atoms with van der Waals surface area (Å²) in [5, 5.41) is 3.83. The van der Waals surface area contributed by atoms with E-state index in [9.17, 15) is 12.8 Å². The number of aryl methyl sites for hydroxylation is 4. The third-order valence-electron chi connectivity index (χ3n) is 4.03. The van der Waals surface area contributed by atoms with Crippen LogP contribution < -0.4 is 4.72 Å². The summed E-state index contributed by atoms with van der Waals surface area (Å²) in [5.74, 6) is 0.0792. The molecule has 2 aromatic heterocycles. The summed E-state index contributed by atoms with van der Waals surface area (Å²) in [4.78, 5) is 7.24. The van der Waals surface area contributed by atoms with Gasteiger partial charge >= 0.3 is 0 Å². The first kappa shape index (κ1) is 18.1. The van der Waals surface area contributed by atoms with Gasteiger partial charge in [0.05, 0.1) is 11.3 Å². The molecule has 2 N–H and O–H groups in total. The van der Waals surface area contributed by atoms with Crippen molar-refractivity contribution < 1.29 is 17.3 Å². The Morgan fingerprint density at radius 1 is 1.23 bits per heavy atom. The molecule has 9 heteroatoms. The first-order valence-corrected chi connectivity index (χ1v) is 9.52. The van der Waals surface area contributed by atoms with Crippen LogP contribution in [-0.4, -0.2) is 23.5 Å². The van der Waals surface area contributed by atoms with Gasteiger partial charge in [-0.25, -0.2) is 12.8 Å². The van der Waals surface area contributed by atoms with E-state index in [2.05, 4.69) is 19.8 Å². The minimum atomic E-state index is -4.01. The molecule has 0 radical (unpaired) electrons. The van der Waals surface area contributed by atoms with E-state index >= 15 is 0 Å². The van der Waals surface area contributed by atoms with Gasteiger partial charge in [0.25, 0.3) is 15.9 Å². The van der Waals surface area contributed by atoms with Gasteiger partial charge in [-0.1, -0.05) is 18.1 Å². The lowest BCUT2D eigenvalue weighted by atomic mass is 10.2. The summed E-state index contributed by atoms with van der Waals surface area (Å²) in [6, 6.07) is 3.92. The Balaban J connectivity index is 2.12. The summed E-state index contributed by atoms with van der Waals surface area (Å²) in [6.45, 7) is 6.93. The monoisotopic (exact) mass is 378 g/mol. The molecule has 138 valence electrons. The smallest absolute Gasteiger partial charge is 0.264 e. The molecule has 0 saturated carbocycles. The zero-order valence-corrected chi connectivity index (χ0v) is 15.7. The van der Waals surface area contributed by atoms with Crippen LogP contribution in [0.1, 0.15) is 29.7 Å². The molecule has 7 nitrogen and oxygen atoms in total. The van der Waals surface area contributed by atoms with E-state index in [1.165, 1.54) is 12.1 Å². The van der Waals surface area contributed by atoms with Crippen molar-refractivity contribution in [1.82, 2.24) is 15.1 Å². The predicted molar refractivity (Wildman–Crippen MR) is 94.9 cm³/mol. The van der Waals surface area contributed by atoms with Crippen LogP contribution in [0.2, 0.25) is 0 Å². The second-order valence-electron chi connectivity index (χ2n) is 6.01. The Labute approximate surface area is 150 Å². The Kier molecular flexibility index (Phi) is 4.57. The standard InChI is InChI=1S/C17H19FN4O3S/c1-5-14-20-17(25-21-14)15-10(3)19-11(4)16(15)26(23,24)22-13-8-12(18)7-6-9(13)2/h6-8,19,22H,5H2,1-4H3. The van der Waals surface area contributed by atoms with Crippen molar-refractivity contribution in [3.63, 3.8) is 0 Å². The van der Waals surface area contributed by atoms with Crippen LogP contribution in [0.15, 0.2) is 27.6 Å². The fourth-order valence-electron chi connectivity index (χ4n) is 2.75. The molecule has 2 heterocycles. The molecule has 3 rings (SSSR count). The van der Waals surface area contributed by atoms with E-state index in [1.54, 1.807) is 20.8 Å². The van der Waals surface area contributed by atoms with Gasteiger partial charge in [-0.3, -0.25) is 4.72 Å². The van der Waals surface area contributed by atoms with E-state index in [0.717, 1.165) is 6.07 Å². The Hall–Kier alpha value is -2.68. The molecule has 0 fully saturated rings. The number of hydrogen-bond acceptors (Lipinski definition) is 5. The molecule has 0 saturated heterocycles. The van der Waals surface area contributed by atoms with Gasteiger partial charge in [0.15, 0.2) is 5.82 Å². The zero-order chi connectivity index (χ0) is 19.1. The summed E-state index contributed by atoms with van der Waals surface area (Å²) in [5.41, 5.74) is 2.11. The van der Waals surface area contributed by atoms with Gasteiger partial charge in [0, 0.05) is 17.8 Å². The summed E-state index contributed by atoms with van der Waals surface area (Å²) >= 11 is 0. The van der Waals surface area contributed by atoms with E-state index < -0.39 is 15.8 Å². The van der Waals surface area contributed by atoms with Crippen molar-refractivity contribution in [2.45, 2.75) is 39.0 Å². The van der Waals surface area contributed by atoms with Crippen molar-refractivity contribution in [2.24, 2.45) is 0 Å². The lowest BCUT2D eigenvalue weighted by Crippen LogP contribution is -2.15. The number of H-pyrrole nitrogens is 1. The van der Waals surface area contributed by atoms with Gasteiger partial charge in [0.1, 0.15) is 10.7 Å². The van der Waals surface area contributed by atoms with Crippen LogP contribution in [0.3, 0.4) is 0 Å². The van der Waals surface area contributed by atoms with Crippen LogP contribution in [0.5, 0.6) is 0 Å². The zero-order valence-electron chi connectivity index (χ0n) is 14.8. The summed E-state index contributed by atoms with van der Waals surface area (Å²) in [7, 11) is -4.01. The molecule has 0 aliphatic carbocycles. The molecule has 0 amide bonds. The third kappa shape index (κ3) is 3.22. The van der Waals surface area contributed by atoms with Gasteiger partial charge in [-0.05, 0) is 38.5 Å². The number of aromatic nitrogens is 3. The fraction of sp³-hybridized carbons (Fsp3) is 0.294. The van der Waals surface area contributed by atoms with E-state index in [4.69, 9.17) is 4.52 Å². The number of rotatable bonds is 5. The molecule has 0 aliphatic rings. The molecular weight excluding hydrogens is 359 g/mol. The average molecular weight is 378 g/mol. The van der Waals surface area contributed by atoms with Crippen molar-refractivity contribution in [3.8, 4) is 11.5 Å². The first-order valence-electron chi connectivity index (χ1n) is 8.04. The van der Waals surface area contributed by atoms with Gasteiger partial charge in [-0.15, -0.1) is 0 Å². The third-order valence-corrected chi connectivity index (χ3v) is 5.56. The minimum Gasteiger partial charge on any atom is -0.361 e. The highest BCUT2D eigenvalue weighted by atomic mass is 32.2. The predicted octanol–water partition coefficient (Wildman–Crippen LogP) is 3.49. The summed E-state index contributed by atoms with van der Waals surface area (Å²) in [6.07, 6.45) is 0.564. The lowest BCUT2D eigenvalue weighted by molar-refractivity contribution is 0.422. The molecule has 0 bridgehead atoms. The maximum Gasteiger partial charge on any atom is 0.264 e. The second kappa shape index (κ2) is 6.56. The van der Waals surface area contributed by atoms with E-state index in [-0.39, 0.29) is 16.5 Å². The number of nitrogens with one attached hydrogen (secondary N) is 2. The number of halogens is 1. The second-order valence-corrected chi connectivity index (χ2v) is 7.63. The molecule has 0 unspecified atom stereocenters. The highest BCUT2D eigenvalue weighted by molar-refractivity contribution is 7.93. The molecular formula is C17H19FN4O3S. The van der Waals surface area contributed by atoms with Crippen LogP contribution in [0.25, 0.3) is 11.5 Å². The van der Waals surface area contributed by atoms with Crippen molar-refractivity contribution in [2.75, 3.05) is 4.72 Å². The molecule has 0 spiro atoms. The van der Waals surface area contributed by atoms with E-state index in [0.29, 0.717) is 34.8 Å². The van der Waals surface area contributed by atoms with Crippen molar-refractivity contribution >= 4 is 15.7 Å². The Morgan fingerprint density at radius 2 is 1.96 bits per heavy atom. The minimum absolute atomic E-state index is 0.00460. The van der Waals surface area contributed by atoms with Gasteiger partial charge in [-0.2, -0.15) is 4.98 Å². The van der Waals surface area contributed by atoms with Crippen molar-refractivity contribution in [1.29, 1.82) is 0 Å². The number of hydrogen-bond donors (Lipinski definition) is 2. The Bertz CT molecular complexity index is 1070. The number of aromatic amines is 1. The summed E-state index contributed by atoms with van der Waals surface area (Å²) < 4.78 is 47.3. The van der Waals surface area contributed by atoms with Crippen LogP contribution in [-0.2, 0) is 16.4 Å². The fourth-order valence-corrected chi connectivity index (χ4v) is 4.33. The maximum atomic E-state index is 13.5. The van der Waals surface area contributed by atoms with Gasteiger partial charge in [0.2, 0.25) is 0 Å². The first-order chi connectivity index (χ1) is 12.2. The molecule has 1 aromatic carbocycles. The lowest BCUT2D eigenvalue weighted by Gasteiger charge is -2.11. The number of sulfonamides is 1. The number of nitrogens with zero attached hydrogens (tertiary/aromatic N) is 2. The largest absolute Gasteiger partial charge is 0.361 e. The highest BCUT2D eigenvalue weighted by Gasteiger charge is 2.29. The van der Waals surface area contributed by atoms with Crippen molar-refractivity contribution in [3.05, 3.63) is 46.8 Å². The maximum absolute atomic E-state index is 13.5. The normalized spacial score (nSPS) is 11.7. The van der Waals surface area contributed by atoms with Crippen LogP contribution in [0, 0.1) is 26.6 Å². The highest BCUT2D eigenvalue weighted by Crippen LogP contribution is 2.34. The number of benzene rings is 1. The number of anilines is 1. The van der Waals surface area contributed by atoms with Crippen LogP contribution >= 0.6 is 0 Å². The van der Waals surface area contributed by atoms with Crippen LogP contribution in [0.4, 0.5) is 10.1 Å². The topological polar surface area (TPSA) is 101 Å². The SMILES string of the molecule is CCc1noc(-c2c(C)[nH]c(C)c2S(=O)(=O)Nc2cc(F)ccc2C)n1. The molecule has 26 heavy (non-hydrogen) atoms. The molecule has 0 atom stereocenters.